The van der Waals surface area contributed by atoms with Crippen molar-refractivity contribution >= 4 is 15.7 Å². The third-order valence-electron chi connectivity index (χ3n) is 3.44. The van der Waals surface area contributed by atoms with Crippen LogP contribution in [0.15, 0.2) is 30.3 Å². The van der Waals surface area contributed by atoms with Gasteiger partial charge in [0.1, 0.15) is 0 Å². The fourth-order valence-electron chi connectivity index (χ4n) is 2.48. The predicted molar refractivity (Wildman–Crippen MR) is 78.9 cm³/mol. The second kappa shape index (κ2) is 6.39. The Hall–Kier alpha value is -1.07. The van der Waals surface area contributed by atoms with E-state index in [1.807, 2.05) is 25.1 Å². The highest BCUT2D eigenvalue weighted by atomic mass is 32.2. The van der Waals surface area contributed by atoms with Gasteiger partial charge in [0.25, 0.3) is 0 Å². The minimum atomic E-state index is -3.08. The lowest BCUT2D eigenvalue weighted by Crippen LogP contribution is -2.45. The van der Waals surface area contributed by atoms with Crippen LogP contribution in [-0.2, 0) is 10.0 Å². The second-order valence-corrected chi connectivity index (χ2v) is 6.91. The maximum atomic E-state index is 11.7. The first kappa shape index (κ1) is 14.3. The van der Waals surface area contributed by atoms with Gasteiger partial charge in [0.2, 0.25) is 10.0 Å². The molecule has 0 spiro atoms. The second-order valence-electron chi connectivity index (χ2n) is 5.03. The molecule has 5 heteroatoms. The lowest BCUT2D eigenvalue weighted by Gasteiger charge is -2.33. The number of nitrogens with zero attached hydrogens (tertiary/aromatic N) is 1. The summed E-state index contributed by atoms with van der Waals surface area (Å²) in [4.78, 5) is 2.31. The van der Waals surface area contributed by atoms with Crippen molar-refractivity contribution in [2.45, 2.75) is 32.2 Å². The number of piperidine rings is 1. The van der Waals surface area contributed by atoms with Gasteiger partial charge in [-0.2, -0.15) is 0 Å². The summed E-state index contributed by atoms with van der Waals surface area (Å²) in [5.74, 6) is 0.228. The van der Waals surface area contributed by atoms with Gasteiger partial charge in [0.05, 0.1) is 5.75 Å². The molecule has 0 bridgehead atoms. The van der Waals surface area contributed by atoms with Crippen molar-refractivity contribution < 1.29 is 8.42 Å². The van der Waals surface area contributed by atoms with Crippen LogP contribution in [0.1, 0.15) is 26.2 Å². The van der Waals surface area contributed by atoms with E-state index in [9.17, 15) is 8.42 Å². The first-order valence-electron chi connectivity index (χ1n) is 6.91. The number of hydrogen-bond donors (Lipinski definition) is 1. The number of anilines is 1. The first-order chi connectivity index (χ1) is 9.11. The molecular weight excluding hydrogens is 260 g/mol. The van der Waals surface area contributed by atoms with Crippen LogP contribution in [0.5, 0.6) is 0 Å². The smallest absolute Gasteiger partial charge is 0.211 e. The summed E-state index contributed by atoms with van der Waals surface area (Å²) in [6, 6.07) is 10.4. The first-order valence-corrected chi connectivity index (χ1v) is 8.56. The van der Waals surface area contributed by atoms with E-state index in [2.05, 4.69) is 21.8 Å². The average Bonchev–Trinajstić information content (AvgIpc) is 2.40. The lowest BCUT2D eigenvalue weighted by molar-refractivity contribution is 0.460. The van der Waals surface area contributed by atoms with Crippen LogP contribution in [0.3, 0.4) is 0 Å². The van der Waals surface area contributed by atoms with E-state index in [1.54, 1.807) is 0 Å². The topological polar surface area (TPSA) is 49.4 Å². The molecular formula is C14H22N2O2S. The van der Waals surface area contributed by atoms with Crippen LogP contribution in [0.25, 0.3) is 0 Å². The molecule has 19 heavy (non-hydrogen) atoms. The molecule has 1 heterocycles. The van der Waals surface area contributed by atoms with Gasteiger partial charge < -0.3 is 4.90 Å². The van der Waals surface area contributed by atoms with Crippen LogP contribution >= 0.6 is 0 Å². The number of sulfonamides is 1. The molecule has 0 aliphatic carbocycles. The Morgan fingerprint density at radius 1 is 1.21 bits per heavy atom. The molecule has 4 nitrogen and oxygen atoms in total. The molecule has 0 atom stereocenters. The number of rotatable bonds is 5. The standard InChI is InChI=1S/C14H22N2O2S/c1-2-12-19(17,18)15-13-8-10-16(11-9-13)14-6-4-3-5-7-14/h3-7,13,15H,2,8-12H2,1H3. The van der Waals surface area contributed by atoms with E-state index in [1.165, 1.54) is 5.69 Å². The van der Waals surface area contributed by atoms with Crippen molar-refractivity contribution in [3.05, 3.63) is 30.3 Å². The third kappa shape index (κ3) is 4.21. The van der Waals surface area contributed by atoms with Crippen LogP contribution in [0.2, 0.25) is 0 Å². The van der Waals surface area contributed by atoms with E-state index in [0.29, 0.717) is 6.42 Å². The van der Waals surface area contributed by atoms with Gasteiger partial charge in [-0.05, 0) is 31.4 Å². The minimum Gasteiger partial charge on any atom is -0.371 e. The van der Waals surface area contributed by atoms with Crippen molar-refractivity contribution in [1.29, 1.82) is 0 Å². The van der Waals surface area contributed by atoms with Crippen LogP contribution in [-0.4, -0.2) is 33.3 Å². The molecule has 1 aliphatic heterocycles. The molecule has 0 unspecified atom stereocenters. The summed E-state index contributed by atoms with van der Waals surface area (Å²) in [5, 5.41) is 0. The molecule has 0 amide bonds. The highest BCUT2D eigenvalue weighted by Gasteiger charge is 2.22. The molecule has 2 rings (SSSR count). The summed E-state index contributed by atoms with van der Waals surface area (Å²) in [5.41, 5.74) is 1.22. The summed E-state index contributed by atoms with van der Waals surface area (Å²) < 4.78 is 26.3. The van der Waals surface area contributed by atoms with Crippen molar-refractivity contribution in [2.24, 2.45) is 0 Å². The van der Waals surface area contributed by atoms with Gasteiger partial charge in [-0.25, -0.2) is 13.1 Å². The van der Waals surface area contributed by atoms with E-state index >= 15 is 0 Å². The van der Waals surface area contributed by atoms with Gasteiger partial charge in [-0.15, -0.1) is 0 Å². The van der Waals surface area contributed by atoms with Gasteiger partial charge >= 0.3 is 0 Å². The molecule has 106 valence electrons. The Kier molecular flexibility index (Phi) is 4.82. The molecule has 0 radical (unpaired) electrons. The van der Waals surface area contributed by atoms with Crippen molar-refractivity contribution in [3.8, 4) is 0 Å². The summed E-state index contributed by atoms with van der Waals surface area (Å²) in [7, 11) is -3.08. The fraction of sp³-hybridized carbons (Fsp3) is 0.571. The summed E-state index contributed by atoms with van der Waals surface area (Å²) in [6.45, 7) is 3.70. The Morgan fingerprint density at radius 2 is 1.84 bits per heavy atom. The van der Waals surface area contributed by atoms with Crippen LogP contribution in [0, 0.1) is 0 Å². The molecule has 1 saturated heterocycles. The third-order valence-corrected chi connectivity index (χ3v) is 5.07. The Bertz CT molecular complexity index is 479. The zero-order valence-electron chi connectivity index (χ0n) is 11.4. The van der Waals surface area contributed by atoms with E-state index in [4.69, 9.17) is 0 Å². The largest absolute Gasteiger partial charge is 0.371 e. The maximum Gasteiger partial charge on any atom is 0.211 e. The van der Waals surface area contributed by atoms with Gasteiger partial charge in [-0.3, -0.25) is 0 Å². The normalized spacial score (nSPS) is 17.6. The number of para-hydroxylation sites is 1. The minimum absolute atomic E-state index is 0.0940. The van der Waals surface area contributed by atoms with Gasteiger partial charge in [0.15, 0.2) is 0 Å². The molecule has 1 aromatic carbocycles. The Morgan fingerprint density at radius 3 is 2.42 bits per heavy atom. The highest BCUT2D eigenvalue weighted by Crippen LogP contribution is 2.19. The zero-order chi connectivity index (χ0) is 13.7. The molecule has 0 saturated carbocycles. The van der Waals surface area contributed by atoms with E-state index in [0.717, 1.165) is 25.9 Å². The SMILES string of the molecule is CCCS(=O)(=O)NC1CCN(c2ccccc2)CC1. The quantitative estimate of drug-likeness (QED) is 0.898. The van der Waals surface area contributed by atoms with E-state index in [-0.39, 0.29) is 11.8 Å². The van der Waals surface area contributed by atoms with Gasteiger partial charge in [0, 0.05) is 24.8 Å². The number of hydrogen-bond acceptors (Lipinski definition) is 3. The zero-order valence-corrected chi connectivity index (χ0v) is 12.2. The van der Waals surface area contributed by atoms with E-state index < -0.39 is 10.0 Å². The number of nitrogens with one attached hydrogen (secondary N) is 1. The maximum absolute atomic E-state index is 11.7. The highest BCUT2D eigenvalue weighted by molar-refractivity contribution is 7.89. The lowest BCUT2D eigenvalue weighted by atomic mass is 10.1. The molecule has 1 N–H and O–H groups in total. The molecule has 1 aromatic rings. The Balaban J connectivity index is 1.86. The van der Waals surface area contributed by atoms with Gasteiger partial charge in [-0.1, -0.05) is 25.1 Å². The molecule has 1 aliphatic rings. The monoisotopic (exact) mass is 282 g/mol. The molecule has 1 fully saturated rings. The fourth-order valence-corrected chi connectivity index (χ4v) is 3.87. The van der Waals surface area contributed by atoms with Crippen molar-refractivity contribution in [1.82, 2.24) is 4.72 Å². The summed E-state index contributed by atoms with van der Waals surface area (Å²) in [6.07, 6.45) is 2.41. The van der Waals surface area contributed by atoms with Crippen molar-refractivity contribution in [2.75, 3.05) is 23.7 Å². The average molecular weight is 282 g/mol. The Labute approximate surface area is 115 Å². The van der Waals surface area contributed by atoms with Crippen molar-refractivity contribution in [3.63, 3.8) is 0 Å². The summed E-state index contributed by atoms with van der Waals surface area (Å²) >= 11 is 0. The van der Waals surface area contributed by atoms with Crippen LogP contribution < -0.4 is 9.62 Å². The van der Waals surface area contributed by atoms with Crippen LogP contribution in [0.4, 0.5) is 5.69 Å². The number of benzene rings is 1. The molecule has 0 aromatic heterocycles. The predicted octanol–water partition coefficient (Wildman–Crippen LogP) is 1.98.